The van der Waals surface area contributed by atoms with E-state index in [0.717, 1.165) is 22.7 Å². The van der Waals surface area contributed by atoms with Crippen molar-refractivity contribution in [3.63, 3.8) is 0 Å². The Morgan fingerprint density at radius 3 is 2.52 bits per heavy atom. The molecule has 142 valence electrons. The third-order valence-corrected chi connectivity index (χ3v) is 4.87. The smallest absolute Gasteiger partial charge is 0.272 e. The van der Waals surface area contributed by atoms with Crippen molar-refractivity contribution >= 4 is 38.4 Å². The molecule has 0 fully saturated rings. The van der Waals surface area contributed by atoms with E-state index >= 15 is 0 Å². The molecule has 0 saturated heterocycles. The summed E-state index contributed by atoms with van der Waals surface area (Å²) in [6.45, 7) is 0.791. The highest BCUT2D eigenvalue weighted by atomic mass is 35.5. The minimum absolute atomic E-state index is 0.119. The van der Waals surface area contributed by atoms with Crippen molar-refractivity contribution in [1.82, 2.24) is 19.8 Å². The second kappa shape index (κ2) is 8.08. The van der Waals surface area contributed by atoms with E-state index in [9.17, 15) is 13.2 Å². The number of sulfonamides is 1. The zero-order chi connectivity index (χ0) is 19.4. The first-order valence-corrected chi connectivity index (χ1v) is 10.5. The predicted molar refractivity (Wildman–Crippen MR) is 105 cm³/mol. The first-order valence-electron chi connectivity index (χ1n) is 8.26. The summed E-state index contributed by atoms with van der Waals surface area (Å²) in [6, 6.07) is 14.9. The molecule has 1 heterocycles. The van der Waals surface area contributed by atoms with E-state index in [2.05, 4.69) is 15.1 Å². The van der Waals surface area contributed by atoms with Gasteiger partial charge in [0.15, 0.2) is 5.69 Å². The fourth-order valence-electron chi connectivity index (χ4n) is 2.67. The quantitative estimate of drug-likeness (QED) is 0.587. The minimum Gasteiger partial charge on any atom is -0.349 e. The van der Waals surface area contributed by atoms with Gasteiger partial charge in [0.2, 0.25) is 10.0 Å². The Labute approximate surface area is 162 Å². The molecule has 0 atom stereocenters. The minimum atomic E-state index is -3.29. The molecular weight excluding hydrogens is 388 g/mol. The summed E-state index contributed by atoms with van der Waals surface area (Å²) >= 11 is 5.93. The zero-order valence-electron chi connectivity index (χ0n) is 14.6. The Bertz CT molecular complexity index is 1060. The first-order chi connectivity index (χ1) is 12.8. The number of rotatable bonds is 7. The summed E-state index contributed by atoms with van der Waals surface area (Å²) in [5.74, 6) is -0.351. The molecule has 2 N–H and O–H groups in total. The molecule has 0 aliphatic heterocycles. The van der Waals surface area contributed by atoms with Crippen LogP contribution in [0.2, 0.25) is 5.02 Å². The van der Waals surface area contributed by atoms with Crippen LogP contribution in [0.25, 0.3) is 10.9 Å². The Morgan fingerprint density at radius 2 is 1.81 bits per heavy atom. The van der Waals surface area contributed by atoms with Gasteiger partial charge in [-0.1, -0.05) is 41.9 Å². The first kappa shape index (κ1) is 19.3. The van der Waals surface area contributed by atoms with Crippen molar-refractivity contribution in [3.05, 3.63) is 64.8 Å². The number of para-hydroxylation sites is 1. The lowest BCUT2D eigenvalue weighted by Gasteiger charge is -2.04. The van der Waals surface area contributed by atoms with Crippen LogP contribution in [-0.2, 0) is 16.6 Å². The summed E-state index contributed by atoms with van der Waals surface area (Å²) in [5.41, 5.74) is 2.16. The van der Waals surface area contributed by atoms with Crippen LogP contribution in [-0.4, -0.2) is 43.5 Å². The standard InChI is InChI=1S/C18H19ClN4O3S/c1-27(25,26)21-11-10-20-18(24)17-15-4-2-3-5-16(15)23(22-17)12-13-6-8-14(19)9-7-13/h2-9,21H,10-12H2,1H3,(H,20,24). The molecule has 0 saturated carbocycles. The van der Waals surface area contributed by atoms with Gasteiger partial charge < -0.3 is 5.32 Å². The summed E-state index contributed by atoms with van der Waals surface area (Å²) < 4.78 is 26.2. The number of amides is 1. The van der Waals surface area contributed by atoms with Gasteiger partial charge >= 0.3 is 0 Å². The van der Waals surface area contributed by atoms with Gasteiger partial charge in [0, 0.05) is 23.5 Å². The van der Waals surface area contributed by atoms with Crippen LogP contribution in [0.5, 0.6) is 0 Å². The molecule has 0 aliphatic rings. The molecule has 3 aromatic rings. The molecule has 1 amide bonds. The molecule has 7 nitrogen and oxygen atoms in total. The summed E-state index contributed by atoms with van der Waals surface area (Å²) in [6.07, 6.45) is 1.07. The van der Waals surface area contributed by atoms with E-state index in [4.69, 9.17) is 11.6 Å². The van der Waals surface area contributed by atoms with E-state index in [1.807, 2.05) is 48.5 Å². The Kier molecular flexibility index (Phi) is 5.79. The number of nitrogens with one attached hydrogen (secondary N) is 2. The summed E-state index contributed by atoms with van der Waals surface area (Å²) in [5, 5.41) is 8.55. The number of nitrogens with zero attached hydrogens (tertiary/aromatic N) is 2. The summed E-state index contributed by atoms with van der Waals surface area (Å²) in [4.78, 5) is 12.5. The van der Waals surface area contributed by atoms with E-state index in [1.54, 1.807) is 4.68 Å². The fraction of sp³-hybridized carbons (Fsp3) is 0.222. The van der Waals surface area contributed by atoms with Gasteiger partial charge in [-0.3, -0.25) is 9.48 Å². The van der Waals surface area contributed by atoms with Crippen LogP contribution < -0.4 is 10.0 Å². The zero-order valence-corrected chi connectivity index (χ0v) is 16.2. The number of aromatic nitrogens is 2. The van der Waals surface area contributed by atoms with Crippen molar-refractivity contribution in [3.8, 4) is 0 Å². The maximum Gasteiger partial charge on any atom is 0.272 e. The number of hydrogen-bond donors (Lipinski definition) is 2. The van der Waals surface area contributed by atoms with Crippen LogP contribution in [0.3, 0.4) is 0 Å². The maximum absolute atomic E-state index is 12.5. The van der Waals surface area contributed by atoms with Gasteiger partial charge in [-0.15, -0.1) is 0 Å². The van der Waals surface area contributed by atoms with E-state index < -0.39 is 10.0 Å². The molecule has 27 heavy (non-hydrogen) atoms. The lowest BCUT2D eigenvalue weighted by atomic mass is 10.2. The highest BCUT2D eigenvalue weighted by Gasteiger charge is 2.17. The van der Waals surface area contributed by atoms with Gasteiger partial charge in [-0.05, 0) is 23.8 Å². The Morgan fingerprint density at radius 1 is 1.11 bits per heavy atom. The Balaban J connectivity index is 1.79. The van der Waals surface area contributed by atoms with Crippen molar-refractivity contribution < 1.29 is 13.2 Å². The predicted octanol–water partition coefficient (Wildman–Crippen LogP) is 2.02. The Hall–Kier alpha value is -2.42. The number of carbonyl (C=O) groups is 1. The normalized spacial score (nSPS) is 11.6. The molecule has 1 aromatic heterocycles. The fourth-order valence-corrected chi connectivity index (χ4v) is 3.27. The molecular formula is C18H19ClN4O3S. The summed E-state index contributed by atoms with van der Waals surface area (Å²) in [7, 11) is -3.29. The molecule has 3 rings (SSSR count). The van der Waals surface area contributed by atoms with Gasteiger partial charge in [0.25, 0.3) is 5.91 Å². The van der Waals surface area contributed by atoms with Crippen LogP contribution in [0.4, 0.5) is 0 Å². The lowest BCUT2D eigenvalue weighted by Crippen LogP contribution is -2.34. The maximum atomic E-state index is 12.5. The molecule has 0 spiro atoms. The van der Waals surface area contributed by atoms with Gasteiger partial charge in [0.05, 0.1) is 18.3 Å². The number of carbonyl (C=O) groups excluding carboxylic acids is 1. The topological polar surface area (TPSA) is 93.1 Å². The van der Waals surface area contributed by atoms with E-state index in [0.29, 0.717) is 17.3 Å². The third kappa shape index (κ3) is 5.06. The van der Waals surface area contributed by atoms with Crippen molar-refractivity contribution in [1.29, 1.82) is 0 Å². The van der Waals surface area contributed by atoms with Crippen molar-refractivity contribution in [2.24, 2.45) is 0 Å². The highest BCUT2D eigenvalue weighted by molar-refractivity contribution is 7.88. The van der Waals surface area contributed by atoms with Crippen molar-refractivity contribution in [2.75, 3.05) is 19.3 Å². The molecule has 0 aliphatic carbocycles. The van der Waals surface area contributed by atoms with Gasteiger partial charge in [-0.2, -0.15) is 5.10 Å². The van der Waals surface area contributed by atoms with E-state index in [1.165, 1.54) is 0 Å². The van der Waals surface area contributed by atoms with Crippen LogP contribution in [0, 0.1) is 0 Å². The number of benzene rings is 2. The molecule has 2 aromatic carbocycles. The van der Waals surface area contributed by atoms with Crippen LogP contribution >= 0.6 is 11.6 Å². The molecule has 0 radical (unpaired) electrons. The van der Waals surface area contributed by atoms with Gasteiger partial charge in [0.1, 0.15) is 0 Å². The number of hydrogen-bond acceptors (Lipinski definition) is 4. The van der Waals surface area contributed by atoms with E-state index in [-0.39, 0.29) is 19.0 Å². The van der Waals surface area contributed by atoms with Crippen molar-refractivity contribution in [2.45, 2.75) is 6.54 Å². The second-order valence-corrected chi connectivity index (χ2v) is 8.34. The number of halogens is 1. The van der Waals surface area contributed by atoms with Gasteiger partial charge in [-0.25, -0.2) is 13.1 Å². The second-order valence-electron chi connectivity index (χ2n) is 6.07. The molecule has 9 heteroatoms. The average Bonchev–Trinajstić information content (AvgIpc) is 2.99. The third-order valence-electron chi connectivity index (χ3n) is 3.89. The number of fused-ring (bicyclic) bond motifs is 1. The average molecular weight is 407 g/mol. The largest absolute Gasteiger partial charge is 0.349 e. The van der Waals surface area contributed by atoms with Crippen LogP contribution in [0.15, 0.2) is 48.5 Å². The van der Waals surface area contributed by atoms with Crippen LogP contribution in [0.1, 0.15) is 16.1 Å². The molecule has 0 unspecified atom stereocenters. The molecule has 0 bridgehead atoms. The lowest BCUT2D eigenvalue weighted by molar-refractivity contribution is 0.0950. The monoisotopic (exact) mass is 406 g/mol. The highest BCUT2D eigenvalue weighted by Crippen LogP contribution is 2.20. The SMILES string of the molecule is CS(=O)(=O)NCCNC(=O)c1nn(Cc2ccc(Cl)cc2)c2ccccc12.